The van der Waals surface area contributed by atoms with Crippen LogP contribution in [-0.4, -0.2) is 11.1 Å². The minimum Gasteiger partial charge on any atom is -0.481 e. The van der Waals surface area contributed by atoms with Gasteiger partial charge in [-0.1, -0.05) is 36.6 Å². The van der Waals surface area contributed by atoms with Gasteiger partial charge in [0.2, 0.25) is 0 Å². The first-order valence-corrected chi connectivity index (χ1v) is 6.14. The molecule has 1 aliphatic carbocycles. The molecule has 0 aromatic carbocycles. The van der Waals surface area contributed by atoms with Gasteiger partial charge in [-0.3, -0.25) is 4.79 Å². The van der Waals surface area contributed by atoms with Crippen molar-refractivity contribution >= 4 is 5.97 Å². The second kappa shape index (κ2) is 5.88. The van der Waals surface area contributed by atoms with Crippen LogP contribution in [0.25, 0.3) is 0 Å². The Labute approximate surface area is 98.1 Å². The van der Waals surface area contributed by atoms with Gasteiger partial charge in [-0.2, -0.15) is 0 Å². The van der Waals surface area contributed by atoms with Gasteiger partial charge < -0.3 is 5.11 Å². The van der Waals surface area contributed by atoms with Gasteiger partial charge in [0.05, 0.1) is 5.92 Å². The van der Waals surface area contributed by atoms with E-state index in [1.165, 1.54) is 24.0 Å². The van der Waals surface area contributed by atoms with E-state index in [1.54, 1.807) is 0 Å². The maximum absolute atomic E-state index is 11.0. The molecule has 0 aliphatic heterocycles. The Hall–Kier alpha value is -1.05. The fraction of sp³-hybridized carbons (Fsp3) is 0.643. The fourth-order valence-electron chi connectivity index (χ4n) is 1.84. The molecule has 1 rings (SSSR count). The molecular weight excluding hydrogens is 200 g/mol. The lowest BCUT2D eigenvalue weighted by Crippen LogP contribution is -2.10. The molecule has 1 N–H and O–H groups in total. The number of hydrogen-bond donors (Lipinski definition) is 1. The maximum Gasteiger partial charge on any atom is 0.310 e. The molecule has 0 heterocycles. The zero-order valence-corrected chi connectivity index (χ0v) is 10.5. The van der Waals surface area contributed by atoms with Crippen LogP contribution < -0.4 is 0 Å². The Kier molecular flexibility index (Phi) is 4.78. The highest BCUT2D eigenvalue weighted by molar-refractivity contribution is 5.72. The van der Waals surface area contributed by atoms with Crippen LogP contribution in [0.15, 0.2) is 23.3 Å². The van der Waals surface area contributed by atoms with Gasteiger partial charge in [-0.15, -0.1) is 0 Å². The van der Waals surface area contributed by atoms with E-state index in [9.17, 15) is 4.79 Å². The number of rotatable bonds is 6. The van der Waals surface area contributed by atoms with Crippen LogP contribution in [0, 0.1) is 11.8 Å². The molecule has 16 heavy (non-hydrogen) atoms. The van der Waals surface area contributed by atoms with E-state index in [4.69, 9.17) is 5.11 Å². The van der Waals surface area contributed by atoms with Gasteiger partial charge in [-0.05, 0) is 39.0 Å². The smallest absolute Gasteiger partial charge is 0.310 e. The van der Waals surface area contributed by atoms with Crippen molar-refractivity contribution in [1.29, 1.82) is 0 Å². The Morgan fingerprint density at radius 2 is 2.06 bits per heavy atom. The Morgan fingerprint density at radius 3 is 2.50 bits per heavy atom. The van der Waals surface area contributed by atoms with Crippen LogP contribution in [0.5, 0.6) is 0 Å². The van der Waals surface area contributed by atoms with Crippen molar-refractivity contribution in [2.24, 2.45) is 11.8 Å². The predicted molar refractivity (Wildman–Crippen MR) is 66.3 cm³/mol. The largest absolute Gasteiger partial charge is 0.481 e. The van der Waals surface area contributed by atoms with Crippen LogP contribution in [0.4, 0.5) is 0 Å². The number of hydrogen-bond acceptors (Lipinski definition) is 1. The van der Waals surface area contributed by atoms with E-state index in [-0.39, 0.29) is 5.92 Å². The standard InChI is InChI=1S/C14H22O2/c1-4-5-13(14(15)16)7-6-10(2)11(3)12-8-9-12/h6-7,12-13H,4-5,8-9H2,1-3H3,(H,15,16)/b7-6-,11-10+. The number of carboxylic acid groups (broad SMARTS) is 1. The molecule has 0 spiro atoms. The van der Waals surface area contributed by atoms with E-state index < -0.39 is 5.97 Å². The normalized spacial score (nSPS) is 19.7. The molecular formula is C14H22O2. The maximum atomic E-state index is 11.0. The van der Waals surface area contributed by atoms with E-state index in [1.807, 2.05) is 19.1 Å². The Balaban J connectivity index is 2.62. The van der Waals surface area contributed by atoms with Crippen LogP contribution in [0.1, 0.15) is 46.5 Å². The zero-order valence-electron chi connectivity index (χ0n) is 10.5. The highest BCUT2D eigenvalue weighted by atomic mass is 16.4. The predicted octanol–water partition coefficient (Wildman–Crippen LogP) is 3.79. The second-order valence-corrected chi connectivity index (χ2v) is 4.73. The summed E-state index contributed by atoms with van der Waals surface area (Å²) in [6.45, 7) is 6.25. The Bertz CT molecular complexity index is 309. The molecule has 90 valence electrons. The molecule has 1 unspecified atom stereocenters. The number of carbonyl (C=O) groups is 1. The summed E-state index contributed by atoms with van der Waals surface area (Å²) in [6.07, 6.45) is 8.06. The molecule has 1 fully saturated rings. The van der Waals surface area contributed by atoms with Crippen molar-refractivity contribution in [2.75, 3.05) is 0 Å². The number of allylic oxidation sites excluding steroid dienone is 3. The summed E-state index contributed by atoms with van der Waals surface area (Å²) in [4.78, 5) is 11.0. The third-order valence-corrected chi connectivity index (χ3v) is 3.31. The molecule has 0 amide bonds. The molecule has 2 nitrogen and oxygen atoms in total. The quantitative estimate of drug-likeness (QED) is 0.694. The molecule has 0 aromatic rings. The summed E-state index contributed by atoms with van der Waals surface area (Å²) >= 11 is 0. The van der Waals surface area contributed by atoms with E-state index in [2.05, 4.69) is 13.8 Å². The molecule has 0 aromatic heterocycles. The van der Waals surface area contributed by atoms with Crippen LogP contribution in [0.2, 0.25) is 0 Å². The molecule has 1 aliphatic rings. The van der Waals surface area contributed by atoms with Gasteiger partial charge in [0.1, 0.15) is 0 Å². The lowest BCUT2D eigenvalue weighted by molar-refractivity contribution is -0.140. The topological polar surface area (TPSA) is 37.3 Å². The van der Waals surface area contributed by atoms with Crippen LogP contribution in [-0.2, 0) is 4.79 Å². The average Bonchev–Trinajstić information content (AvgIpc) is 3.05. The molecule has 0 radical (unpaired) electrons. The van der Waals surface area contributed by atoms with Gasteiger partial charge in [0.25, 0.3) is 0 Å². The van der Waals surface area contributed by atoms with Crippen molar-refractivity contribution in [3.63, 3.8) is 0 Å². The molecule has 0 saturated heterocycles. The summed E-state index contributed by atoms with van der Waals surface area (Å²) in [5, 5.41) is 9.01. The van der Waals surface area contributed by atoms with Crippen molar-refractivity contribution in [2.45, 2.75) is 46.5 Å². The number of aliphatic carboxylic acids is 1. The van der Waals surface area contributed by atoms with Crippen molar-refractivity contribution in [1.82, 2.24) is 0 Å². The van der Waals surface area contributed by atoms with E-state index in [0.29, 0.717) is 0 Å². The lowest BCUT2D eigenvalue weighted by Gasteiger charge is -2.06. The zero-order chi connectivity index (χ0) is 12.1. The van der Waals surface area contributed by atoms with Gasteiger partial charge in [0, 0.05) is 0 Å². The highest BCUT2D eigenvalue weighted by Gasteiger charge is 2.23. The average molecular weight is 222 g/mol. The molecule has 1 saturated carbocycles. The first kappa shape index (κ1) is 13.0. The molecule has 0 bridgehead atoms. The molecule has 2 heteroatoms. The highest BCUT2D eigenvalue weighted by Crippen LogP contribution is 2.37. The van der Waals surface area contributed by atoms with Crippen molar-refractivity contribution in [3.05, 3.63) is 23.3 Å². The van der Waals surface area contributed by atoms with E-state index in [0.717, 1.165) is 18.8 Å². The van der Waals surface area contributed by atoms with Crippen molar-refractivity contribution in [3.8, 4) is 0 Å². The first-order chi connectivity index (χ1) is 7.56. The first-order valence-electron chi connectivity index (χ1n) is 6.14. The monoisotopic (exact) mass is 222 g/mol. The van der Waals surface area contributed by atoms with E-state index >= 15 is 0 Å². The third kappa shape index (κ3) is 3.84. The van der Waals surface area contributed by atoms with Gasteiger partial charge in [0.15, 0.2) is 0 Å². The summed E-state index contributed by atoms with van der Waals surface area (Å²) in [7, 11) is 0. The summed E-state index contributed by atoms with van der Waals surface area (Å²) in [6, 6.07) is 0. The summed E-state index contributed by atoms with van der Waals surface area (Å²) in [5.41, 5.74) is 2.67. The Morgan fingerprint density at radius 1 is 1.44 bits per heavy atom. The van der Waals surface area contributed by atoms with Gasteiger partial charge >= 0.3 is 5.97 Å². The lowest BCUT2D eigenvalue weighted by atomic mass is 10.0. The second-order valence-electron chi connectivity index (χ2n) is 4.73. The summed E-state index contributed by atoms with van der Waals surface area (Å²) < 4.78 is 0. The fourth-order valence-corrected chi connectivity index (χ4v) is 1.84. The SMILES string of the molecule is CCCC(/C=C\C(C)=C(/C)C1CC1)C(=O)O. The minimum absolute atomic E-state index is 0.327. The molecule has 1 atom stereocenters. The minimum atomic E-state index is -0.713. The van der Waals surface area contributed by atoms with Crippen LogP contribution in [0.3, 0.4) is 0 Å². The van der Waals surface area contributed by atoms with Gasteiger partial charge in [-0.25, -0.2) is 0 Å². The van der Waals surface area contributed by atoms with Crippen molar-refractivity contribution < 1.29 is 9.90 Å². The third-order valence-electron chi connectivity index (χ3n) is 3.31. The van der Waals surface area contributed by atoms with Crippen LogP contribution >= 0.6 is 0 Å². The summed E-state index contributed by atoms with van der Waals surface area (Å²) in [5.74, 6) is -0.277. The number of carboxylic acids is 1.